The first-order valence-electron chi connectivity index (χ1n) is 6.63. The highest BCUT2D eigenvalue weighted by Gasteiger charge is 2.29. The summed E-state index contributed by atoms with van der Waals surface area (Å²) in [4.78, 5) is 4.45. The summed E-state index contributed by atoms with van der Waals surface area (Å²) in [6, 6.07) is 7.72. The van der Waals surface area contributed by atoms with Crippen LogP contribution in [0.3, 0.4) is 0 Å². The fraction of sp³-hybridized carbons (Fsp3) is 0.400. The number of fused-ring (bicyclic) bond motifs is 1. The first-order chi connectivity index (χ1) is 9.70. The highest BCUT2D eigenvalue weighted by Crippen LogP contribution is 2.30. The van der Waals surface area contributed by atoms with Gasteiger partial charge in [0.1, 0.15) is 9.90 Å². The Morgan fingerprint density at radius 3 is 2.67 bits per heavy atom. The standard InChI is InChI=1S/C15H18BrClN2OS/c1-9(19-21(20)15(2,3)4)11-8-10-6-5-7-12(16)13(10)18-14(11)17/h5-9,19H,1-4H3/t9-,21?/m0/s1. The summed E-state index contributed by atoms with van der Waals surface area (Å²) in [6.07, 6.45) is 0. The molecule has 0 fully saturated rings. The van der Waals surface area contributed by atoms with E-state index in [9.17, 15) is 4.55 Å². The molecule has 0 radical (unpaired) electrons. The molecule has 2 aromatic rings. The van der Waals surface area contributed by atoms with Crippen molar-refractivity contribution in [2.24, 2.45) is 0 Å². The van der Waals surface area contributed by atoms with E-state index in [1.165, 1.54) is 0 Å². The zero-order valence-corrected chi connectivity index (χ0v) is 15.6. The fourth-order valence-corrected chi connectivity index (χ4v) is 3.44. The number of rotatable bonds is 3. The van der Waals surface area contributed by atoms with Gasteiger partial charge in [-0.3, -0.25) is 0 Å². The van der Waals surface area contributed by atoms with Crippen LogP contribution in [0.15, 0.2) is 28.7 Å². The lowest BCUT2D eigenvalue weighted by molar-refractivity contribution is 0.531. The number of pyridine rings is 1. The van der Waals surface area contributed by atoms with Crippen molar-refractivity contribution in [3.05, 3.63) is 39.5 Å². The quantitative estimate of drug-likeness (QED) is 0.608. The van der Waals surface area contributed by atoms with Gasteiger partial charge in [0.05, 0.1) is 11.6 Å². The van der Waals surface area contributed by atoms with Crippen LogP contribution in [0.25, 0.3) is 10.9 Å². The Morgan fingerprint density at radius 2 is 2.05 bits per heavy atom. The largest absolute Gasteiger partial charge is 0.598 e. The summed E-state index contributed by atoms with van der Waals surface area (Å²) in [5.41, 5.74) is 1.68. The minimum atomic E-state index is -1.16. The van der Waals surface area contributed by atoms with E-state index in [-0.39, 0.29) is 10.8 Å². The first-order valence-corrected chi connectivity index (χ1v) is 8.95. The average molecular weight is 390 g/mol. The van der Waals surface area contributed by atoms with Crippen molar-refractivity contribution in [3.63, 3.8) is 0 Å². The monoisotopic (exact) mass is 388 g/mol. The third kappa shape index (κ3) is 3.90. The van der Waals surface area contributed by atoms with E-state index < -0.39 is 11.4 Å². The molecule has 0 amide bonds. The second-order valence-corrected chi connectivity index (χ2v) is 9.11. The Kier molecular flexibility index (Phi) is 5.21. The lowest BCUT2D eigenvalue weighted by Crippen LogP contribution is -2.40. The lowest BCUT2D eigenvalue weighted by Gasteiger charge is -2.26. The molecule has 0 saturated heterocycles. The van der Waals surface area contributed by atoms with Crippen LogP contribution in [0, 0.1) is 0 Å². The normalized spacial score (nSPS) is 15.2. The maximum atomic E-state index is 12.2. The van der Waals surface area contributed by atoms with Crippen LogP contribution in [0.2, 0.25) is 5.15 Å². The minimum absolute atomic E-state index is 0.145. The van der Waals surface area contributed by atoms with E-state index in [1.54, 1.807) is 0 Å². The van der Waals surface area contributed by atoms with Gasteiger partial charge in [-0.25, -0.2) is 4.98 Å². The SMILES string of the molecule is C[C@H](N[S+]([O-])C(C)(C)C)c1cc2cccc(Br)c2nc1Cl. The molecular formula is C15H18BrClN2OS. The number of halogens is 2. The van der Waals surface area contributed by atoms with Crippen molar-refractivity contribution in [2.75, 3.05) is 0 Å². The molecule has 2 atom stereocenters. The lowest BCUT2D eigenvalue weighted by atomic mass is 10.1. The van der Waals surface area contributed by atoms with Gasteiger partial charge in [-0.1, -0.05) is 23.7 Å². The van der Waals surface area contributed by atoms with E-state index in [1.807, 2.05) is 52.0 Å². The van der Waals surface area contributed by atoms with E-state index >= 15 is 0 Å². The highest BCUT2D eigenvalue weighted by atomic mass is 79.9. The second kappa shape index (κ2) is 6.42. The number of hydrogen-bond acceptors (Lipinski definition) is 3. The number of nitrogens with one attached hydrogen (secondary N) is 1. The molecule has 1 aromatic heterocycles. The second-order valence-electron chi connectivity index (χ2n) is 5.90. The number of aromatic nitrogens is 1. The Morgan fingerprint density at radius 1 is 1.38 bits per heavy atom. The third-order valence-corrected chi connectivity index (χ3v) is 5.71. The summed E-state index contributed by atoms with van der Waals surface area (Å²) in [6.45, 7) is 7.73. The molecule has 6 heteroatoms. The van der Waals surface area contributed by atoms with Crippen LogP contribution in [0.5, 0.6) is 0 Å². The molecule has 0 aliphatic rings. The number of para-hydroxylation sites is 1. The molecule has 0 aliphatic heterocycles. The van der Waals surface area contributed by atoms with E-state index in [2.05, 4.69) is 25.6 Å². The Hall–Kier alpha value is -0.330. The molecule has 21 heavy (non-hydrogen) atoms. The molecule has 3 nitrogen and oxygen atoms in total. The minimum Gasteiger partial charge on any atom is -0.598 e. The molecule has 1 N–H and O–H groups in total. The van der Waals surface area contributed by atoms with E-state index in [0.29, 0.717) is 5.15 Å². The van der Waals surface area contributed by atoms with Crippen LogP contribution in [0.4, 0.5) is 0 Å². The maximum absolute atomic E-state index is 12.2. The third-order valence-electron chi connectivity index (χ3n) is 3.08. The van der Waals surface area contributed by atoms with Gasteiger partial charge >= 0.3 is 0 Å². The van der Waals surface area contributed by atoms with Crippen molar-refractivity contribution >= 4 is 49.8 Å². The van der Waals surface area contributed by atoms with Crippen LogP contribution in [-0.4, -0.2) is 14.3 Å². The summed E-state index contributed by atoms with van der Waals surface area (Å²) < 4.78 is 15.9. The number of nitrogens with zero attached hydrogens (tertiary/aromatic N) is 1. The van der Waals surface area contributed by atoms with Gasteiger partial charge in [-0.2, -0.15) is 0 Å². The Balaban J connectivity index is 2.36. The summed E-state index contributed by atoms with van der Waals surface area (Å²) in [5, 5.41) is 1.43. The van der Waals surface area contributed by atoms with Gasteiger partial charge in [0.15, 0.2) is 0 Å². The average Bonchev–Trinajstić information content (AvgIpc) is 2.38. The van der Waals surface area contributed by atoms with Crippen LogP contribution < -0.4 is 4.72 Å². The number of hydrogen-bond donors (Lipinski definition) is 1. The van der Waals surface area contributed by atoms with Gasteiger partial charge in [0.2, 0.25) is 0 Å². The number of benzene rings is 1. The zero-order valence-electron chi connectivity index (χ0n) is 12.4. The zero-order chi connectivity index (χ0) is 15.8. The molecule has 1 unspecified atom stereocenters. The molecule has 0 spiro atoms. The van der Waals surface area contributed by atoms with Crippen molar-refractivity contribution in [1.29, 1.82) is 0 Å². The molecule has 114 valence electrons. The Labute approximate surface area is 141 Å². The topological polar surface area (TPSA) is 48.0 Å². The summed E-state index contributed by atoms with van der Waals surface area (Å²) >= 11 is 8.61. The van der Waals surface area contributed by atoms with Gasteiger partial charge in [-0.05, 0) is 55.8 Å². The highest BCUT2D eigenvalue weighted by molar-refractivity contribution is 9.10. The van der Waals surface area contributed by atoms with Crippen LogP contribution in [0.1, 0.15) is 39.3 Å². The van der Waals surface area contributed by atoms with Crippen molar-refractivity contribution in [2.45, 2.75) is 38.5 Å². The van der Waals surface area contributed by atoms with Gasteiger partial charge in [-0.15, -0.1) is 4.72 Å². The predicted molar refractivity (Wildman–Crippen MR) is 93.9 cm³/mol. The van der Waals surface area contributed by atoms with Crippen molar-refractivity contribution in [3.8, 4) is 0 Å². The van der Waals surface area contributed by atoms with Gasteiger partial charge in [0.25, 0.3) is 0 Å². The van der Waals surface area contributed by atoms with Crippen molar-refractivity contribution < 1.29 is 4.55 Å². The summed E-state index contributed by atoms with van der Waals surface area (Å²) in [5.74, 6) is 0. The fourth-order valence-electron chi connectivity index (χ4n) is 1.86. The Bertz CT molecular complexity index is 660. The molecule has 1 aromatic carbocycles. The molecule has 1 heterocycles. The summed E-state index contributed by atoms with van der Waals surface area (Å²) in [7, 11) is 0. The molecule has 2 rings (SSSR count). The van der Waals surface area contributed by atoms with E-state index in [0.717, 1.165) is 20.9 Å². The van der Waals surface area contributed by atoms with E-state index in [4.69, 9.17) is 11.6 Å². The van der Waals surface area contributed by atoms with Crippen molar-refractivity contribution in [1.82, 2.24) is 9.71 Å². The predicted octanol–water partition coefficient (Wildman–Crippen LogP) is 4.76. The first kappa shape index (κ1) is 17.0. The van der Waals surface area contributed by atoms with Gasteiger partial charge in [0, 0.05) is 26.8 Å². The smallest absolute Gasteiger partial charge is 0.136 e. The molecular weight excluding hydrogens is 372 g/mol. The van der Waals surface area contributed by atoms with Gasteiger partial charge < -0.3 is 4.55 Å². The molecule has 0 aliphatic carbocycles. The molecule has 0 saturated carbocycles. The van der Waals surface area contributed by atoms with Crippen LogP contribution in [-0.2, 0) is 11.4 Å². The maximum Gasteiger partial charge on any atom is 0.136 e. The van der Waals surface area contributed by atoms with Crippen LogP contribution >= 0.6 is 27.5 Å². The molecule has 0 bridgehead atoms.